The monoisotopic (exact) mass is 405 g/mol. The van der Waals surface area contributed by atoms with Gasteiger partial charge in [-0.05, 0) is 36.8 Å². The van der Waals surface area contributed by atoms with Gasteiger partial charge in [0.05, 0.1) is 22.2 Å². The SMILES string of the molecule is C[C@@H](OC(=O)Cc1ccc(Cl)c(Cl)c1)C(=O)Nc1ccc(F)c(F)c1F. The van der Waals surface area contributed by atoms with Crippen LogP contribution in [-0.4, -0.2) is 18.0 Å². The van der Waals surface area contributed by atoms with Crippen LogP contribution in [0.3, 0.4) is 0 Å². The Morgan fingerprint density at radius 2 is 1.77 bits per heavy atom. The molecule has 0 saturated carbocycles. The number of ether oxygens (including phenoxy) is 1. The Kier molecular flexibility index (Phi) is 6.50. The molecule has 0 unspecified atom stereocenters. The van der Waals surface area contributed by atoms with E-state index in [9.17, 15) is 22.8 Å². The number of esters is 1. The van der Waals surface area contributed by atoms with E-state index in [2.05, 4.69) is 0 Å². The summed E-state index contributed by atoms with van der Waals surface area (Å²) in [5.74, 6) is -6.30. The van der Waals surface area contributed by atoms with Crippen molar-refractivity contribution in [1.82, 2.24) is 0 Å². The molecule has 1 amide bonds. The molecule has 1 N–H and O–H groups in total. The number of carbonyl (C=O) groups excluding carboxylic acids is 2. The molecule has 0 fully saturated rings. The smallest absolute Gasteiger partial charge is 0.311 e. The van der Waals surface area contributed by atoms with Crippen molar-refractivity contribution >= 4 is 40.8 Å². The zero-order valence-electron chi connectivity index (χ0n) is 13.3. The summed E-state index contributed by atoms with van der Waals surface area (Å²) in [5.41, 5.74) is -0.0510. The molecule has 0 heterocycles. The second-order valence-corrected chi connectivity index (χ2v) is 6.08. The van der Waals surface area contributed by atoms with Gasteiger partial charge in [-0.1, -0.05) is 29.3 Å². The van der Waals surface area contributed by atoms with Crippen LogP contribution in [0.2, 0.25) is 10.0 Å². The number of amides is 1. The second kappa shape index (κ2) is 8.42. The lowest BCUT2D eigenvalue weighted by atomic mass is 10.1. The van der Waals surface area contributed by atoms with Crippen LogP contribution in [0.5, 0.6) is 0 Å². The summed E-state index contributed by atoms with van der Waals surface area (Å²) in [5, 5.41) is 2.61. The summed E-state index contributed by atoms with van der Waals surface area (Å²) < 4.78 is 44.5. The van der Waals surface area contributed by atoms with Gasteiger partial charge < -0.3 is 10.1 Å². The number of halogens is 5. The zero-order valence-corrected chi connectivity index (χ0v) is 14.8. The fraction of sp³-hybridized carbons (Fsp3) is 0.176. The molecule has 0 aliphatic heterocycles. The molecule has 0 spiro atoms. The molecular formula is C17H12Cl2F3NO3. The molecule has 138 valence electrons. The summed E-state index contributed by atoms with van der Waals surface area (Å²) in [6, 6.07) is 6.07. The van der Waals surface area contributed by atoms with E-state index in [1.54, 1.807) is 6.07 Å². The summed E-state index contributed by atoms with van der Waals surface area (Å²) in [6.45, 7) is 1.25. The van der Waals surface area contributed by atoms with E-state index >= 15 is 0 Å². The Hall–Kier alpha value is -2.25. The standard InChI is InChI=1S/C17H12Cl2F3NO3/c1-8(17(25)23-13-5-4-12(20)15(21)16(13)22)26-14(24)7-9-2-3-10(18)11(19)6-9/h2-6,8H,7H2,1H3,(H,23,25)/t8-/m1/s1. The largest absolute Gasteiger partial charge is 0.452 e. The van der Waals surface area contributed by atoms with Gasteiger partial charge in [0, 0.05) is 0 Å². The van der Waals surface area contributed by atoms with Crippen molar-refractivity contribution in [2.45, 2.75) is 19.4 Å². The van der Waals surface area contributed by atoms with E-state index < -0.39 is 41.1 Å². The summed E-state index contributed by atoms with van der Waals surface area (Å²) in [4.78, 5) is 23.8. The lowest BCUT2D eigenvalue weighted by Gasteiger charge is -2.14. The van der Waals surface area contributed by atoms with Gasteiger partial charge in [-0.15, -0.1) is 0 Å². The predicted octanol–water partition coefficient (Wildman–Crippen LogP) is 4.52. The van der Waals surface area contributed by atoms with Gasteiger partial charge in [-0.3, -0.25) is 9.59 Å². The zero-order chi connectivity index (χ0) is 19.4. The topological polar surface area (TPSA) is 55.4 Å². The van der Waals surface area contributed by atoms with Crippen LogP contribution in [0.25, 0.3) is 0 Å². The summed E-state index contributed by atoms with van der Waals surface area (Å²) >= 11 is 11.6. The molecule has 2 aromatic rings. The molecule has 9 heteroatoms. The molecule has 0 bridgehead atoms. The minimum Gasteiger partial charge on any atom is -0.452 e. The number of nitrogens with one attached hydrogen (secondary N) is 1. The minimum atomic E-state index is -1.72. The molecule has 1 atom stereocenters. The first-order chi connectivity index (χ1) is 12.2. The average molecular weight is 406 g/mol. The van der Waals surface area contributed by atoms with Crippen molar-refractivity contribution in [2.24, 2.45) is 0 Å². The van der Waals surface area contributed by atoms with Gasteiger partial charge in [-0.2, -0.15) is 0 Å². The highest BCUT2D eigenvalue weighted by molar-refractivity contribution is 6.42. The third-order valence-corrected chi connectivity index (χ3v) is 4.04. The lowest BCUT2D eigenvalue weighted by Crippen LogP contribution is -2.31. The number of rotatable bonds is 5. The van der Waals surface area contributed by atoms with E-state index in [0.717, 1.165) is 6.07 Å². The Balaban J connectivity index is 1.97. The third kappa shape index (κ3) is 4.89. The Morgan fingerprint density at radius 3 is 2.42 bits per heavy atom. The highest BCUT2D eigenvalue weighted by atomic mass is 35.5. The highest BCUT2D eigenvalue weighted by Crippen LogP contribution is 2.23. The van der Waals surface area contributed by atoms with Crippen LogP contribution in [0.15, 0.2) is 30.3 Å². The number of anilines is 1. The van der Waals surface area contributed by atoms with Crippen molar-refractivity contribution in [3.8, 4) is 0 Å². The fourth-order valence-corrected chi connectivity index (χ4v) is 2.29. The highest BCUT2D eigenvalue weighted by Gasteiger charge is 2.21. The van der Waals surface area contributed by atoms with Gasteiger partial charge in [0.1, 0.15) is 0 Å². The maximum atomic E-state index is 13.5. The van der Waals surface area contributed by atoms with E-state index in [1.165, 1.54) is 19.1 Å². The van der Waals surface area contributed by atoms with E-state index in [1.807, 2.05) is 5.32 Å². The first-order valence-electron chi connectivity index (χ1n) is 7.26. The van der Waals surface area contributed by atoms with Crippen LogP contribution in [-0.2, 0) is 20.7 Å². The van der Waals surface area contributed by atoms with Gasteiger partial charge in [0.25, 0.3) is 5.91 Å². The van der Waals surface area contributed by atoms with Crippen molar-refractivity contribution < 1.29 is 27.5 Å². The van der Waals surface area contributed by atoms with Gasteiger partial charge >= 0.3 is 5.97 Å². The maximum absolute atomic E-state index is 13.5. The number of hydrogen-bond acceptors (Lipinski definition) is 3. The fourth-order valence-electron chi connectivity index (χ4n) is 1.97. The van der Waals surface area contributed by atoms with Crippen LogP contribution >= 0.6 is 23.2 Å². The van der Waals surface area contributed by atoms with Crippen molar-refractivity contribution in [3.63, 3.8) is 0 Å². The molecule has 0 saturated heterocycles. The summed E-state index contributed by atoms with van der Waals surface area (Å²) in [7, 11) is 0. The van der Waals surface area contributed by atoms with Crippen LogP contribution in [0.1, 0.15) is 12.5 Å². The van der Waals surface area contributed by atoms with Gasteiger partial charge in [-0.25, -0.2) is 13.2 Å². The lowest BCUT2D eigenvalue weighted by molar-refractivity contribution is -0.152. The number of carbonyl (C=O) groups is 2. The summed E-state index contributed by atoms with van der Waals surface area (Å²) in [6.07, 6.45) is -1.47. The van der Waals surface area contributed by atoms with E-state index in [-0.39, 0.29) is 11.4 Å². The Labute approximate surface area is 156 Å². The molecule has 0 radical (unpaired) electrons. The molecule has 0 aliphatic rings. The van der Waals surface area contributed by atoms with Gasteiger partial charge in [0.2, 0.25) is 0 Å². The van der Waals surface area contributed by atoms with Gasteiger partial charge in [0.15, 0.2) is 23.6 Å². The molecule has 2 aromatic carbocycles. The Morgan fingerprint density at radius 1 is 1.08 bits per heavy atom. The average Bonchev–Trinajstić information content (AvgIpc) is 2.58. The van der Waals surface area contributed by atoms with Crippen LogP contribution in [0, 0.1) is 17.5 Å². The molecule has 26 heavy (non-hydrogen) atoms. The molecule has 0 aromatic heterocycles. The predicted molar refractivity (Wildman–Crippen MR) is 90.7 cm³/mol. The molecular weight excluding hydrogens is 394 g/mol. The van der Waals surface area contributed by atoms with E-state index in [4.69, 9.17) is 27.9 Å². The quantitative estimate of drug-likeness (QED) is 0.587. The van der Waals surface area contributed by atoms with Crippen molar-refractivity contribution in [1.29, 1.82) is 0 Å². The number of hydrogen-bond donors (Lipinski definition) is 1. The molecule has 4 nitrogen and oxygen atoms in total. The third-order valence-electron chi connectivity index (χ3n) is 3.30. The van der Waals surface area contributed by atoms with Crippen LogP contribution in [0.4, 0.5) is 18.9 Å². The number of benzene rings is 2. The molecule has 2 rings (SSSR count). The van der Waals surface area contributed by atoms with Crippen molar-refractivity contribution in [3.05, 3.63) is 63.4 Å². The molecule has 0 aliphatic carbocycles. The van der Waals surface area contributed by atoms with Crippen LogP contribution < -0.4 is 5.32 Å². The van der Waals surface area contributed by atoms with Crippen molar-refractivity contribution in [2.75, 3.05) is 5.32 Å². The maximum Gasteiger partial charge on any atom is 0.311 e. The minimum absolute atomic E-state index is 0.173. The Bertz CT molecular complexity index is 861. The van der Waals surface area contributed by atoms with E-state index in [0.29, 0.717) is 16.7 Å². The second-order valence-electron chi connectivity index (χ2n) is 5.27. The first kappa shape index (κ1) is 20.1. The first-order valence-corrected chi connectivity index (χ1v) is 8.02. The normalized spacial score (nSPS) is 11.8.